The Kier molecular flexibility index (Phi) is 5.51. The summed E-state index contributed by atoms with van der Waals surface area (Å²) >= 11 is 0. The molecule has 29 heavy (non-hydrogen) atoms. The number of carbonyl (C=O) groups excluding carboxylic acids is 2. The van der Waals surface area contributed by atoms with E-state index in [2.05, 4.69) is 27.3 Å². The van der Waals surface area contributed by atoms with Crippen molar-refractivity contribution < 1.29 is 9.59 Å². The van der Waals surface area contributed by atoms with Crippen LogP contribution in [-0.2, 0) is 16.0 Å². The predicted molar refractivity (Wildman–Crippen MR) is 115 cm³/mol. The van der Waals surface area contributed by atoms with Gasteiger partial charge in [-0.15, -0.1) is 0 Å². The molecule has 0 aliphatic carbocycles. The van der Waals surface area contributed by atoms with Crippen LogP contribution in [-0.4, -0.2) is 53.9 Å². The van der Waals surface area contributed by atoms with Gasteiger partial charge in [0.1, 0.15) is 6.04 Å². The van der Waals surface area contributed by atoms with Gasteiger partial charge < -0.3 is 20.1 Å². The Morgan fingerprint density at radius 1 is 1.00 bits per heavy atom. The maximum Gasteiger partial charge on any atom is 0.245 e. The molecule has 1 aromatic heterocycles. The Hall–Kier alpha value is -3.28. The van der Waals surface area contributed by atoms with Crippen molar-refractivity contribution in [3.63, 3.8) is 0 Å². The second kappa shape index (κ2) is 8.39. The van der Waals surface area contributed by atoms with Gasteiger partial charge in [0.25, 0.3) is 0 Å². The summed E-state index contributed by atoms with van der Waals surface area (Å²) in [6.45, 7) is 4.34. The third-order valence-electron chi connectivity index (χ3n) is 5.49. The monoisotopic (exact) mass is 390 g/mol. The molecule has 2 amide bonds. The topological polar surface area (TPSA) is 68.4 Å². The van der Waals surface area contributed by atoms with Crippen LogP contribution in [0.4, 0.5) is 5.69 Å². The first-order valence-electron chi connectivity index (χ1n) is 10.0. The molecule has 1 fully saturated rings. The number of hydrogen-bond donors (Lipinski definition) is 2. The van der Waals surface area contributed by atoms with Crippen LogP contribution in [0.15, 0.2) is 60.8 Å². The molecule has 3 aromatic rings. The number of nitrogens with zero attached hydrogens (tertiary/aromatic N) is 2. The number of aromatic nitrogens is 1. The smallest absolute Gasteiger partial charge is 0.245 e. The highest BCUT2D eigenvalue weighted by atomic mass is 16.2. The first-order chi connectivity index (χ1) is 14.1. The van der Waals surface area contributed by atoms with E-state index in [1.165, 1.54) is 12.6 Å². The first kappa shape index (κ1) is 19.1. The molecule has 1 aliphatic rings. The third kappa shape index (κ3) is 4.26. The summed E-state index contributed by atoms with van der Waals surface area (Å²) in [5, 5.41) is 3.95. The zero-order valence-electron chi connectivity index (χ0n) is 16.6. The van der Waals surface area contributed by atoms with Crippen LogP contribution in [0.3, 0.4) is 0 Å². The number of amides is 2. The summed E-state index contributed by atoms with van der Waals surface area (Å²) < 4.78 is 0. The van der Waals surface area contributed by atoms with Crippen molar-refractivity contribution in [1.29, 1.82) is 0 Å². The molecule has 0 radical (unpaired) electrons. The maximum absolute atomic E-state index is 13.2. The zero-order valence-corrected chi connectivity index (χ0v) is 16.6. The molecular weight excluding hydrogens is 364 g/mol. The minimum Gasteiger partial charge on any atom is -0.368 e. The Balaban J connectivity index is 1.46. The highest BCUT2D eigenvalue weighted by Crippen LogP contribution is 2.21. The molecule has 1 atom stereocenters. The predicted octanol–water partition coefficient (Wildman–Crippen LogP) is 2.56. The van der Waals surface area contributed by atoms with Crippen LogP contribution in [0.5, 0.6) is 0 Å². The standard InChI is InChI=1S/C23H26N4O2/c1-17(28)25-22(15-18-16-24-21-10-6-5-9-20(18)21)23(29)27-13-11-26(12-14-27)19-7-3-2-4-8-19/h2-10,16,22,24H,11-15H2,1H3,(H,25,28)/t22-/m0/s1. The average molecular weight is 390 g/mol. The number of H-pyrrole nitrogens is 1. The molecule has 0 spiro atoms. The van der Waals surface area contributed by atoms with Crippen molar-refractivity contribution in [3.05, 3.63) is 66.4 Å². The SMILES string of the molecule is CC(=O)N[C@@H](Cc1c[nH]c2ccccc12)C(=O)N1CCN(c2ccccc2)CC1. The lowest BCUT2D eigenvalue weighted by Gasteiger charge is -2.37. The van der Waals surface area contributed by atoms with E-state index < -0.39 is 6.04 Å². The van der Waals surface area contributed by atoms with E-state index in [0.717, 1.165) is 29.6 Å². The molecule has 1 aliphatic heterocycles. The Morgan fingerprint density at radius 3 is 2.41 bits per heavy atom. The minimum absolute atomic E-state index is 0.0156. The third-order valence-corrected chi connectivity index (χ3v) is 5.49. The van der Waals surface area contributed by atoms with Crippen LogP contribution in [0.1, 0.15) is 12.5 Å². The molecule has 0 saturated carbocycles. The Labute approximate surface area is 170 Å². The number of hydrogen-bond acceptors (Lipinski definition) is 3. The number of benzene rings is 2. The fourth-order valence-electron chi connectivity index (χ4n) is 4.01. The number of fused-ring (bicyclic) bond motifs is 1. The summed E-state index contributed by atoms with van der Waals surface area (Å²) in [6.07, 6.45) is 2.40. The number of rotatable bonds is 5. The molecule has 1 saturated heterocycles. The second-order valence-corrected chi connectivity index (χ2v) is 7.46. The molecule has 2 heterocycles. The number of piperazine rings is 1. The molecule has 0 unspecified atom stereocenters. The van der Waals surface area contributed by atoms with Gasteiger partial charge in [-0.05, 0) is 23.8 Å². The molecule has 6 heteroatoms. The number of aromatic amines is 1. The van der Waals surface area contributed by atoms with E-state index in [4.69, 9.17) is 0 Å². The minimum atomic E-state index is -0.560. The van der Waals surface area contributed by atoms with Gasteiger partial charge in [0.2, 0.25) is 11.8 Å². The van der Waals surface area contributed by atoms with Crippen molar-refractivity contribution in [2.45, 2.75) is 19.4 Å². The van der Waals surface area contributed by atoms with Gasteiger partial charge in [-0.25, -0.2) is 0 Å². The van der Waals surface area contributed by atoms with Crippen molar-refractivity contribution in [2.24, 2.45) is 0 Å². The van der Waals surface area contributed by atoms with Gasteiger partial charge in [0.15, 0.2) is 0 Å². The summed E-state index contributed by atoms with van der Waals surface area (Å²) in [6, 6.07) is 17.7. The van der Waals surface area contributed by atoms with Crippen LogP contribution in [0.25, 0.3) is 10.9 Å². The molecular formula is C23H26N4O2. The molecule has 2 N–H and O–H groups in total. The summed E-state index contributed by atoms with van der Waals surface area (Å²) in [5.41, 5.74) is 3.25. The molecule has 150 valence electrons. The fourth-order valence-corrected chi connectivity index (χ4v) is 4.01. The number of carbonyl (C=O) groups is 2. The molecule has 4 rings (SSSR count). The van der Waals surface area contributed by atoms with Crippen LogP contribution in [0, 0.1) is 0 Å². The summed E-state index contributed by atoms with van der Waals surface area (Å²) in [5.74, 6) is -0.204. The van der Waals surface area contributed by atoms with E-state index in [1.807, 2.05) is 53.6 Å². The van der Waals surface area contributed by atoms with E-state index in [9.17, 15) is 9.59 Å². The maximum atomic E-state index is 13.2. The Morgan fingerprint density at radius 2 is 1.69 bits per heavy atom. The van der Waals surface area contributed by atoms with Crippen molar-refractivity contribution in [2.75, 3.05) is 31.1 Å². The highest BCUT2D eigenvalue weighted by molar-refractivity contribution is 5.89. The normalized spacial score (nSPS) is 15.3. The number of nitrogens with one attached hydrogen (secondary N) is 2. The van der Waals surface area contributed by atoms with Crippen LogP contribution < -0.4 is 10.2 Å². The summed E-state index contributed by atoms with van der Waals surface area (Å²) in [4.78, 5) is 32.4. The van der Waals surface area contributed by atoms with Crippen molar-refractivity contribution >= 4 is 28.4 Å². The average Bonchev–Trinajstić information content (AvgIpc) is 3.16. The Bertz CT molecular complexity index is 990. The van der Waals surface area contributed by atoms with Gasteiger partial charge in [-0.3, -0.25) is 9.59 Å². The highest BCUT2D eigenvalue weighted by Gasteiger charge is 2.29. The lowest BCUT2D eigenvalue weighted by molar-refractivity contribution is -0.136. The van der Waals surface area contributed by atoms with Crippen molar-refractivity contribution in [1.82, 2.24) is 15.2 Å². The van der Waals surface area contributed by atoms with Gasteiger partial charge in [0.05, 0.1) is 0 Å². The number of anilines is 1. The van der Waals surface area contributed by atoms with E-state index in [0.29, 0.717) is 19.5 Å². The largest absolute Gasteiger partial charge is 0.368 e. The van der Waals surface area contributed by atoms with Gasteiger partial charge in [0, 0.05) is 62.3 Å². The van der Waals surface area contributed by atoms with Crippen molar-refractivity contribution in [3.8, 4) is 0 Å². The van der Waals surface area contributed by atoms with Gasteiger partial charge in [-0.2, -0.15) is 0 Å². The van der Waals surface area contributed by atoms with E-state index in [-0.39, 0.29) is 11.8 Å². The zero-order chi connectivity index (χ0) is 20.2. The molecule has 2 aromatic carbocycles. The summed E-state index contributed by atoms with van der Waals surface area (Å²) in [7, 11) is 0. The second-order valence-electron chi connectivity index (χ2n) is 7.46. The van der Waals surface area contributed by atoms with Gasteiger partial charge >= 0.3 is 0 Å². The lowest BCUT2D eigenvalue weighted by atomic mass is 10.0. The molecule has 0 bridgehead atoms. The van der Waals surface area contributed by atoms with Crippen LogP contribution in [0.2, 0.25) is 0 Å². The fraction of sp³-hybridized carbons (Fsp3) is 0.304. The first-order valence-corrected chi connectivity index (χ1v) is 10.0. The molecule has 6 nitrogen and oxygen atoms in total. The van der Waals surface area contributed by atoms with Gasteiger partial charge in [-0.1, -0.05) is 36.4 Å². The number of para-hydroxylation sites is 2. The van der Waals surface area contributed by atoms with Crippen LogP contribution >= 0.6 is 0 Å². The quantitative estimate of drug-likeness (QED) is 0.704. The van der Waals surface area contributed by atoms with E-state index in [1.54, 1.807) is 0 Å². The van der Waals surface area contributed by atoms with E-state index >= 15 is 0 Å². The lowest BCUT2D eigenvalue weighted by Crippen LogP contribution is -2.55.